The quantitative estimate of drug-likeness (QED) is 0.531. The first-order chi connectivity index (χ1) is 14.7. The maximum Gasteiger partial charge on any atom is 0.274 e. The van der Waals surface area contributed by atoms with Gasteiger partial charge in [-0.05, 0) is 42.3 Å². The van der Waals surface area contributed by atoms with E-state index in [1.54, 1.807) is 47.4 Å². The highest BCUT2D eigenvalue weighted by molar-refractivity contribution is 5.98. The number of nitrogens with one attached hydrogen (secondary N) is 1. The van der Waals surface area contributed by atoms with Crippen LogP contribution in [0.4, 0.5) is 4.39 Å². The van der Waals surface area contributed by atoms with E-state index < -0.39 is 5.91 Å². The number of amides is 1. The van der Waals surface area contributed by atoms with Crippen molar-refractivity contribution in [3.8, 4) is 16.9 Å². The molecule has 0 saturated carbocycles. The molecule has 1 amide bonds. The molecule has 2 heterocycles. The van der Waals surface area contributed by atoms with Crippen molar-refractivity contribution in [1.29, 1.82) is 0 Å². The van der Waals surface area contributed by atoms with E-state index in [-0.39, 0.29) is 18.1 Å². The lowest BCUT2D eigenvalue weighted by Gasteiger charge is -2.10. The third-order valence-electron chi connectivity index (χ3n) is 4.83. The van der Waals surface area contributed by atoms with Crippen LogP contribution in [0.25, 0.3) is 16.9 Å². The highest BCUT2D eigenvalue weighted by Crippen LogP contribution is 2.25. The predicted molar refractivity (Wildman–Crippen MR) is 112 cm³/mol. The Bertz CT molecular complexity index is 1160. The van der Waals surface area contributed by atoms with Gasteiger partial charge in [-0.3, -0.25) is 9.78 Å². The zero-order valence-corrected chi connectivity index (χ0v) is 16.4. The van der Waals surface area contributed by atoms with E-state index in [4.69, 9.17) is 0 Å². The first-order valence-electron chi connectivity index (χ1n) is 9.64. The van der Waals surface area contributed by atoms with Crippen molar-refractivity contribution in [3.05, 3.63) is 95.7 Å². The number of hydrogen-bond donors (Lipinski definition) is 1. The topological polar surface area (TPSA) is 72.7 Å². The minimum Gasteiger partial charge on any atom is -0.346 e. The number of aryl methyl sites for hydroxylation is 1. The molecule has 0 aliphatic heterocycles. The summed E-state index contributed by atoms with van der Waals surface area (Å²) in [5.41, 5.74) is 3.86. The average molecular weight is 401 g/mol. The standard InChI is InChI=1S/C23H20FN5O/c1-2-16-7-9-19(10-8-16)29-22(17-11-13-25-14-12-17)21(27-28-29)23(30)26-15-18-5-3-4-6-20(18)24/h3-14H,2,15H2,1H3,(H,26,30). The van der Waals surface area contributed by atoms with Gasteiger partial charge >= 0.3 is 0 Å². The molecule has 0 aliphatic rings. The summed E-state index contributed by atoms with van der Waals surface area (Å²) >= 11 is 0. The van der Waals surface area contributed by atoms with Crippen LogP contribution < -0.4 is 5.32 Å². The smallest absolute Gasteiger partial charge is 0.274 e. The zero-order valence-electron chi connectivity index (χ0n) is 16.4. The van der Waals surface area contributed by atoms with Crippen LogP contribution in [0.2, 0.25) is 0 Å². The second-order valence-electron chi connectivity index (χ2n) is 6.73. The Balaban J connectivity index is 1.70. The molecule has 6 nitrogen and oxygen atoms in total. The maximum absolute atomic E-state index is 13.9. The highest BCUT2D eigenvalue weighted by atomic mass is 19.1. The molecule has 1 N–H and O–H groups in total. The third-order valence-corrected chi connectivity index (χ3v) is 4.83. The van der Waals surface area contributed by atoms with Crippen LogP contribution in [0.5, 0.6) is 0 Å². The van der Waals surface area contributed by atoms with Gasteiger partial charge in [-0.15, -0.1) is 5.10 Å². The SMILES string of the molecule is CCc1ccc(-n2nnc(C(=O)NCc3ccccc3F)c2-c2ccncc2)cc1. The first kappa shape index (κ1) is 19.4. The van der Waals surface area contributed by atoms with E-state index >= 15 is 0 Å². The van der Waals surface area contributed by atoms with Crippen molar-refractivity contribution >= 4 is 5.91 Å². The van der Waals surface area contributed by atoms with Gasteiger partial charge in [-0.2, -0.15) is 0 Å². The third kappa shape index (κ3) is 3.96. The van der Waals surface area contributed by atoms with Crippen LogP contribution in [0.3, 0.4) is 0 Å². The zero-order chi connectivity index (χ0) is 20.9. The summed E-state index contributed by atoms with van der Waals surface area (Å²) in [6.07, 6.45) is 4.22. The molecule has 150 valence electrons. The monoisotopic (exact) mass is 401 g/mol. The molecule has 0 bridgehead atoms. The molecule has 30 heavy (non-hydrogen) atoms. The molecule has 4 rings (SSSR count). The Kier molecular flexibility index (Phi) is 5.61. The normalized spacial score (nSPS) is 10.7. The van der Waals surface area contributed by atoms with E-state index in [2.05, 4.69) is 27.5 Å². The van der Waals surface area contributed by atoms with Crippen molar-refractivity contribution in [2.75, 3.05) is 0 Å². The van der Waals surface area contributed by atoms with Gasteiger partial charge in [0, 0.05) is 30.1 Å². The fraction of sp³-hybridized carbons (Fsp3) is 0.130. The van der Waals surface area contributed by atoms with Crippen LogP contribution in [0, 0.1) is 5.82 Å². The lowest BCUT2D eigenvalue weighted by molar-refractivity contribution is 0.0946. The van der Waals surface area contributed by atoms with Gasteiger partial charge in [0.1, 0.15) is 11.5 Å². The number of carbonyl (C=O) groups excluding carboxylic acids is 1. The van der Waals surface area contributed by atoms with E-state index in [1.807, 2.05) is 24.3 Å². The van der Waals surface area contributed by atoms with Crippen LogP contribution >= 0.6 is 0 Å². The summed E-state index contributed by atoms with van der Waals surface area (Å²) in [6, 6.07) is 17.8. The number of nitrogens with zero attached hydrogens (tertiary/aromatic N) is 4. The van der Waals surface area contributed by atoms with E-state index in [0.29, 0.717) is 11.3 Å². The van der Waals surface area contributed by atoms with Gasteiger partial charge in [-0.25, -0.2) is 9.07 Å². The van der Waals surface area contributed by atoms with Crippen molar-refractivity contribution in [1.82, 2.24) is 25.3 Å². The molecule has 0 saturated heterocycles. The number of rotatable bonds is 6. The van der Waals surface area contributed by atoms with Gasteiger partial charge in [0.15, 0.2) is 5.69 Å². The highest BCUT2D eigenvalue weighted by Gasteiger charge is 2.22. The first-order valence-corrected chi connectivity index (χ1v) is 9.64. The Morgan fingerprint density at radius 1 is 1.03 bits per heavy atom. The van der Waals surface area contributed by atoms with Crippen molar-refractivity contribution in [2.45, 2.75) is 19.9 Å². The molecule has 0 unspecified atom stereocenters. The second kappa shape index (κ2) is 8.65. The summed E-state index contributed by atoms with van der Waals surface area (Å²) in [7, 11) is 0. The largest absolute Gasteiger partial charge is 0.346 e. The van der Waals surface area contributed by atoms with E-state index in [1.165, 1.54) is 11.6 Å². The van der Waals surface area contributed by atoms with Gasteiger partial charge in [-0.1, -0.05) is 42.5 Å². The summed E-state index contributed by atoms with van der Waals surface area (Å²) in [6.45, 7) is 2.14. The number of carbonyl (C=O) groups is 1. The van der Waals surface area contributed by atoms with Crippen LogP contribution in [-0.4, -0.2) is 25.9 Å². The van der Waals surface area contributed by atoms with Crippen molar-refractivity contribution < 1.29 is 9.18 Å². The lowest BCUT2D eigenvalue weighted by Crippen LogP contribution is -2.24. The van der Waals surface area contributed by atoms with Crippen LogP contribution in [-0.2, 0) is 13.0 Å². The van der Waals surface area contributed by atoms with Gasteiger partial charge in [0.2, 0.25) is 0 Å². The molecule has 2 aromatic heterocycles. The Morgan fingerprint density at radius 3 is 2.47 bits per heavy atom. The lowest BCUT2D eigenvalue weighted by atomic mass is 10.1. The predicted octanol–water partition coefficient (Wildman–Crippen LogP) is 3.96. The van der Waals surface area contributed by atoms with Crippen LogP contribution in [0.15, 0.2) is 73.1 Å². The van der Waals surface area contributed by atoms with Crippen molar-refractivity contribution in [2.24, 2.45) is 0 Å². The molecule has 4 aromatic rings. The molecule has 0 atom stereocenters. The number of halogens is 1. The Morgan fingerprint density at radius 2 is 1.77 bits per heavy atom. The number of hydrogen-bond acceptors (Lipinski definition) is 4. The van der Waals surface area contributed by atoms with Crippen molar-refractivity contribution in [3.63, 3.8) is 0 Å². The second-order valence-corrected chi connectivity index (χ2v) is 6.73. The molecule has 7 heteroatoms. The molecule has 0 spiro atoms. The van der Waals surface area contributed by atoms with E-state index in [0.717, 1.165) is 17.7 Å². The number of benzene rings is 2. The summed E-state index contributed by atoms with van der Waals surface area (Å²) in [4.78, 5) is 17.0. The molecule has 0 aliphatic carbocycles. The minimum atomic E-state index is -0.429. The van der Waals surface area contributed by atoms with Crippen LogP contribution in [0.1, 0.15) is 28.5 Å². The van der Waals surface area contributed by atoms with Gasteiger partial charge < -0.3 is 5.32 Å². The summed E-state index contributed by atoms with van der Waals surface area (Å²) < 4.78 is 15.5. The maximum atomic E-state index is 13.9. The molecule has 2 aromatic carbocycles. The molecule has 0 fully saturated rings. The van der Waals surface area contributed by atoms with Gasteiger partial charge in [0.25, 0.3) is 5.91 Å². The summed E-state index contributed by atoms with van der Waals surface area (Å²) in [5.74, 6) is -0.798. The fourth-order valence-electron chi connectivity index (χ4n) is 3.16. The number of aromatic nitrogens is 4. The Labute approximate surface area is 173 Å². The van der Waals surface area contributed by atoms with E-state index in [9.17, 15) is 9.18 Å². The molecular weight excluding hydrogens is 381 g/mol. The fourth-order valence-corrected chi connectivity index (χ4v) is 3.16. The molecule has 0 radical (unpaired) electrons. The summed E-state index contributed by atoms with van der Waals surface area (Å²) in [5, 5.41) is 11.1. The molecular formula is C23H20FN5O. The number of pyridine rings is 1. The van der Waals surface area contributed by atoms with Gasteiger partial charge in [0.05, 0.1) is 5.69 Å². The average Bonchev–Trinajstić information content (AvgIpc) is 3.24. The Hall–Kier alpha value is -3.87. The minimum absolute atomic E-state index is 0.0549.